The molecular formula is C23H13Br2N3O4S. The normalized spacial score (nSPS) is 12.0. The minimum absolute atomic E-state index is 0.0350. The third kappa shape index (κ3) is 4.17. The number of imidazole rings is 1. The molecule has 5 aromatic rings. The molecule has 0 spiro atoms. The van der Waals surface area contributed by atoms with E-state index in [0.717, 1.165) is 22.2 Å². The lowest BCUT2D eigenvalue weighted by Gasteiger charge is -2.11. The molecule has 2 aromatic heterocycles. The summed E-state index contributed by atoms with van der Waals surface area (Å²) in [5.74, 6) is 0.597. The fourth-order valence-corrected chi connectivity index (χ4v) is 5.87. The second kappa shape index (κ2) is 8.69. The Balaban J connectivity index is 1.44. The number of benzene rings is 3. The number of thiazole rings is 1. The van der Waals surface area contributed by atoms with Crippen molar-refractivity contribution in [2.75, 3.05) is 0 Å². The lowest BCUT2D eigenvalue weighted by molar-refractivity contribution is -0.384. The summed E-state index contributed by atoms with van der Waals surface area (Å²) >= 11 is 8.42. The van der Waals surface area contributed by atoms with Crippen molar-refractivity contribution in [2.45, 2.75) is 6.61 Å². The topological polar surface area (TPSA) is 86.7 Å². The van der Waals surface area contributed by atoms with Crippen LogP contribution >= 0.6 is 43.2 Å². The van der Waals surface area contributed by atoms with Gasteiger partial charge >= 0.3 is 0 Å². The van der Waals surface area contributed by atoms with Crippen LogP contribution in [0.25, 0.3) is 22.1 Å². The molecule has 0 bridgehead atoms. The van der Waals surface area contributed by atoms with Gasteiger partial charge in [0, 0.05) is 12.1 Å². The summed E-state index contributed by atoms with van der Waals surface area (Å²) in [5.41, 5.74) is 3.16. The molecule has 0 saturated heterocycles. The number of hydrogen-bond acceptors (Lipinski definition) is 6. The van der Waals surface area contributed by atoms with Crippen LogP contribution in [0.4, 0.5) is 5.69 Å². The maximum Gasteiger partial charge on any atom is 0.274 e. The van der Waals surface area contributed by atoms with Crippen LogP contribution in [0.5, 0.6) is 5.75 Å². The SMILES string of the molecule is O=c1/c(=C/c2cc(Br)c(OCc3ccc([N+](=O)[O-])cc3)c(Br)c2)sc2nc3ccccc3n12. The first kappa shape index (κ1) is 21.7. The van der Waals surface area contributed by atoms with Gasteiger partial charge in [0.1, 0.15) is 12.4 Å². The van der Waals surface area contributed by atoms with Gasteiger partial charge in [0.2, 0.25) is 0 Å². The van der Waals surface area contributed by atoms with E-state index in [1.54, 1.807) is 16.5 Å². The van der Waals surface area contributed by atoms with Gasteiger partial charge in [0.15, 0.2) is 4.96 Å². The summed E-state index contributed by atoms with van der Waals surface area (Å²) in [7, 11) is 0. The number of nitro groups is 1. The van der Waals surface area contributed by atoms with E-state index in [2.05, 4.69) is 36.8 Å². The van der Waals surface area contributed by atoms with E-state index < -0.39 is 4.92 Å². The van der Waals surface area contributed by atoms with Crippen molar-refractivity contribution in [3.8, 4) is 5.75 Å². The highest BCUT2D eigenvalue weighted by Crippen LogP contribution is 2.35. The second-order valence-corrected chi connectivity index (χ2v) is 9.88. The molecule has 5 rings (SSSR count). The molecule has 164 valence electrons. The van der Waals surface area contributed by atoms with Gasteiger partial charge in [-0.25, -0.2) is 9.38 Å². The summed E-state index contributed by atoms with van der Waals surface area (Å²) in [6.45, 7) is 0.248. The zero-order valence-electron chi connectivity index (χ0n) is 16.7. The first-order valence-electron chi connectivity index (χ1n) is 9.67. The predicted molar refractivity (Wildman–Crippen MR) is 135 cm³/mol. The van der Waals surface area contributed by atoms with Crippen molar-refractivity contribution in [3.05, 3.63) is 106 Å². The Bertz CT molecular complexity index is 1620. The predicted octanol–water partition coefficient (Wildman–Crippen LogP) is 5.47. The van der Waals surface area contributed by atoms with E-state index in [1.807, 2.05) is 42.5 Å². The molecule has 3 aromatic carbocycles. The standard InChI is InChI=1S/C23H13Br2N3O4S/c24-16-9-14(10-17(25)21(16)32-12-13-5-7-15(8-6-13)28(30)31)11-20-22(29)27-19-4-2-1-3-18(19)26-23(27)33-20/h1-11H,12H2/b20-11-. The van der Waals surface area contributed by atoms with Crippen LogP contribution in [0.1, 0.15) is 11.1 Å². The quantitative estimate of drug-likeness (QED) is 0.201. The first-order chi connectivity index (χ1) is 15.9. The first-order valence-corrected chi connectivity index (χ1v) is 12.1. The molecule has 0 atom stereocenters. The zero-order valence-corrected chi connectivity index (χ0v) is 20.7. The number of non-ortho nitro benzene ring substituents is 1. The van der Waals surface area contributed by atoms with Crippen LogP contribution < -0.4 is 14.8 Å². The van der Waals surface area contributed by atoms with Gasteiger partial charge in [-0.1, -0.05) is 23.5 Å². The maximum absolute atomic E-state index is 13.0. The highest BCUT2D eigenvalue weighted by molar-refractivity contribution is 9.11. The van der Waals surface area contributed by atoms with Gasteiger partial charge < -0.3 is 4.74 Å². The van der Waals surface area contributed by atoms with E-state index in [0.29, 0.717) is 24.2 Å². The van der Waals surface area contributed by atoms with E-state index in [-0.39, 0.29) is 17.9 Å². The molecule has 0 aliphatic carbocycles. The fraction of sp³-hybridized carbons (Fsp3) is 0.0435. The smallest absolute Gasteiger partial charge is 0.274 e. The van der Waals surface area contributed by atoms with E-state index in [9.17, 15) is 14.9 Å². The molecule has 0 N–H and O–H groups in total. The summed E-state index contributed by atoms with van der Waals surface area (Å²) in [6.07, 6.45) is 1.83. The maximum atomic E-state index is 13.0. The van der Waals surface area contributed by atoms with Crippen LogP contribution in [0.2, 0.25) is 0 Å². The van der Waals surface area contributed by atoms with Gasteiger partial charge in [-0.15, -0.1) is 0 Å². The molecular weight excluding hydrogens is 574 g/mol. The zero-order chi connectivity index (χ0) is 23.1. The van der Waals surface area contributed by atoms with Crippen molar-refractivity contribution in [2.24, 2.45) is 0 Å². The summed E-state index contributed by atoms with van der Waals surface area (Å²) in [4.78, 5) is 28.5. The Labute approximate surface area is 207 Å². The van der Waals surface area contributed by atoms with Gasteiger partial charge in [0.05, 0.1) is 29.4 Å². The van der Waals surface area contributed by atoms with E-state index >= 15 is 0 Å². The van der Waals surface area contributed by atoms with Crippen molar-refractivity contribution in [3.63, 3.8) is 0 Å². The minimum Gasteiger partial charge on any atom is -0.487 e. The van der Waals surface area contributed by atoms with Crippen LogP contribution in [-0.4, -0.2) is 14.3 Å². The number of rotatable bonds is 5. The highest BCUT2D eigenvalue weighted by Gasteiger charge is 2.13. The van der Waals surface area contributed by atoms with Gasteiger partial charge in [0.25, 0.3) is 11.2 Å². The molecule has 10 heteroatoms. The number of nitro benzene ring substituents is 1. The molecule has 7 nitrogen and oxygen atoms in total. The average Bonchev–Trinajstić information content (AvgIpc) is 3.29. The third-order valence-electron chi connectivity index (χ3n) is 4.99. The molecule has 0 aliphatic heterocycles. The Morgan fingerprint density at radius 3 is 2.48 bits per heavy atom. The molecule has 0 radical (unpaired) electrons. The van der Waals surface area contributed by atoms with Crippen molar-refractivity contribution >= 4 is 71.0 Å². The molecule has 0 aliphatic rings. The summed E-state index contributed by atoms with van der Waals surface area (Å²) in [5, 5.41) is 10.8. The molecule has 0 amide bonds. The number of nitrogens with zero attached hydrogens (tertiary/aromatic N) is 3. The highest BCUT2D eigenvalue weighted by atomic mass is 79.9. The number of para-hydroxylation sites is 2. The van der Waals surface area contributed by atoms with Gasteiger partial charge in [-0.3, -0.25) is 14.9 Å². The number of halogens is 2. The average molecular weight is 587 g/mol. The Morgan fingerprint density at radius 2 is 1.79 bits per heavy atom. The molecule has 0 saturated carbocycles. The molecule has 0 fully saturated rings. The van der Waals surface area contributed by atoms with Gasteiger partial charge in [-0.05, 0) is 85.5 Å². The minimum atomic E-state index is -0.437. The van der Waals surface area contributed by atoms with Crippen LogP contribution in [-0.2, 0) is 6.61 Å². The van der Waals surface area contributed by atoms with E-state index in [1.165, 1.54) is 23.5 Å². The van der Waals surface area contributed by atoms with Crippen LogP contribution in [0.15, 0.2) is 74.4 Å². The number of fused-ring (bicyclic) bond motifs is 3. The largest absolute Gasteiger partial charge is 0.487 e. The lowest BCUT2D eigenvalue weighted by Crippen LogP contribution is -2.22. The number of hydrogen-bond donors (Lipinski definition) is 0. The number of ether oxygens (including phenoxy) is 1. The van der Waals surface area contributed by atoms with Crippen molar-refractivity contribution < 1.29 is 9.66 Å². The lowest BCUT2D eigenvalue weighted by atomic mass is 10.2. The van der Waals surface area contributed by atoms with Crippen LogP contribution in [0, 0.1) is 10.1 Å². The number of aromatic nitrogens is 2. The Hall–Kier alpha value is -3.08. The summed E-state index contributed by atoms with van der Waals surface area (Å²) < 4.78 is 9.56. The Kier molecular flexibility index (Phi) is 5.73. The third-order valence-corrected chi connectivity index (χ3v) is 7.14. The van der Waals surface area contributed by atoms with Crippen LogP contribution in [0.3, 0.4) is 0 Å². The van der Waals surface area contributed by atoms with E-state index in [4.69, 9.17) is 4.74 Å². The molecule has 33 heavy (non-hydrogen) atoms. The van der Waals surface area contributed by atoms with Crippen molar-refractivity contribution in [1.82, 2.24) is 9.38 Å². The Morgan fingerprint density at radius 1 is 1.09 bits per heavy atom. The van der Waals surface area contributed by atoms with Crippen molar-refractivity contribution in [1.29, 1.82) is 0 Å². The second-order valence-electron chi connectivity index (χ2n) is 7.16. The fourth-order valence-electron chi connectivity index (χ4n) is 3.43. The molecule has 2 heterocycles. The monoisotopic (exact) mass is 585 g/mol. The molecule has 0 unspecified atom stereocenters. The van der Waals surface area contributed by atoms with Gasteiger partial charge in [-0.2, -0.15) is 0 Å². The summed E-state index contributed by atoms with van der Waals surface area (Å²) in [6, 6.07) is 17.5.